The summed E-state index contributed by atoms with van der Waals surface area (Å²) in [6, 6.07) is 7.74. The Labute approximate surface area is 104 Å². The van der Waals surface area contributed by atoms with Gasteiger partial charge in [0.25, 0.3) is 5.91 Å². The molecule has 4 nitrogen and oxygen atoms in total. The lowest BCUT2D eigenvalue weighted by Crippen LogP contribution is -2.10. The van der Waals surface area contributed by atoms with Crippen LogP contribution in [-0.4, -0.2) is 21.9 Å². The Hall–Kier alpha value is -1.75. The Morgan fingerprint density at radius 2 is 2.29 bits per heavy atom. The molecule has 1 aromatic carbocycles. The molecule has 0 unspecified atom stereocenters. The summed E-state index contributed by atoms with van der Waals surface area (Å²) in [6.07, 6.45) is 5.24. The highest BCUT2D eigenvalue weighted by Gasteiger charge is 2.07. The maximum atomic E-state index is 11.9. The van der Waals surface area contributed by atoms with Crippen LogP contribution in [0.3, 0.4) is 0 Å². The molecule has 17 heavy (non-hydrogen) atoms. The zero-order valence-corrected chi connectivity index (χ0v) is 10.5. The zero-order valence-electron chi connectivity index (χ0n) is 9.68. The fourth-order valence-electron chi connectivity index (χ4n) is 1.44. The predicted molar refractivity (Wildman–Crippen MR) is 69.4 cm³/mol. The fourth-order valence-corrected chi connectivity index (χ4v) is 1.90. The van der Waals surface area contributed by atoms with Gasteiger partial charge in [0.15, 0.2) is 0 Å². The molecule has 1 aromatic heterocycles. The Balaban J connectivity index is 2.12. The molecule has 0 radical (unpaired) electrons. The fraction of sp³-hybridized carbons (Fsp3) is 0.167. The second-order valence-corrected chi connectivity index (χ2v) is 4.47. The topological polar surface area (TPSA) is 46.9 Å². The first kappa shape index (κ1) is 11.7. The van der Waals surface area contributed by atoms with Gasteiger partial charge in [-0.3, -0.25) is 9.48 Å². The minimum atomic E-state index is -0.142. The van der Waals surface area contributed by atoms with E-state index in [0.29, 0.717) is 5.56 Å². The van der Waals surface area contributed by atoms with Crippen LogP contribution in [0.15, 0.2) is 41.6 Å². The van der Waals surface area contributed by atoms with Gasteiger partial charge in [-0.1, -0.05) is 6.07 Å². The molecule has 1 N–H and O–H groups in total. The van der Waals surface area contributed by atoms with Crippen molar-refractivity contribution < 1.29 is 4.79 Å². The van der Waals surface area contributed by atoms with Crippen molar-refractivity contribution in [2.24, 2.45) is 7.05 Å². The largest absolute Gasteiger partial charge is 0.322 e. The molecule has 2 rings (SSSR count). The summed E-state index contributed by atoms with van der Waals surface area (Å²) in [5.41, 5.74) is 1.35. The van der Waals surface area contributed by atoms with Gasteiger partial charge >= 0.3 is 0 Å². The first-order chi connectivity index (χ1) is 8.19. The summed E-state index contributed by atoms with van der Waals surface area (Å²) in [4.78, 5) is 13.0. The van der Waals surface area contributed by atoms with Crippen molar-refractivity contribution in [2.45, 2.75) is 4.90 Å². The quantitative estimate of drug-likeness (QED) is 0.847. The number of benzene rings is 1. The molecule has 1 amide bonds. The van der Waals surface area contributed by atoms with Gasteiger partial charge in [-0.2, -0.15) is 5.10 Å². The molecular weight excluding hydrogens is 234 g/mol. The summed E-state index contributed by atoms with van der Waals surface area (Å²) in [5, 5.41) is 6.81. The molecule has 0 atom stereocenters. The number of nitrogens with one attached hydrogen (secondary N) is 1. The van der Waals surface area contributed by atoms with Crippen molar-refractivity contribution in [2.75, 3.05) is 11.6 Å². The maximum absolute atomic E-state index is 11.9. The van der Waals surface area contributed by atoms with Crippen molar-refractivity contribution >= 4 is 23.4 Å². The van der Waals surface area contributed by atoms with E-state index >= 15 is 0 Å². The van der Waals surface area contributed by atoms with E-state index in [0.717, 1.165) is 10.6 Å². The van der Waals surface area contributed by atoms with Crippen LogP contribution in [0.25, 0.3) is 0 Å². The van der Waals surface area contributed by atoms with Crippen molar-refractivity contribution in [3.8, 4) is 0 Å². The van der Waals surface area contributed by atoms with Gasteiger partial charge in [-0.25, -0.2) is 0 Å². The number of thioether (sulfide) groups is 1. The molecule has 0 saturated carbocycles. The predicted octanol–water partition coefficient (Wildman–Crippen LogP) is 2.39. The van der Waals surface area contributed by atoms with E-state index in [-0.39, 0.29) is 5.91 Å². The number of nitrogens with zero attached hydrogens (tertiary/aromatic N) is 2. The van der Waals surface area contributed by atoms with E-state index in [2.05, 4.69) is 10.4 Å². The highest BCUT2D eigenvalue weighted by atomic mass is 32.2. The Bertz CT molecular complexity index is 536. The Morgan fingerprint density at radius 3 is 2.94 bits per heavy atom. The van der Waals surface area contributed by atoms with Crippen LogP contribution in [0, 0.1) is 0 Å². The van der Waals surface area contributed by atoms with Crippen LogP contribution in [0.5, 0.6) is 0 Å². The van der Waals surface area contributed by atoms with Crippen LogP contribution >= 0.6 is 11.8 Å². The highest BCUT2D eigenvalue weighted by Crippen LogP contribution is 2.19. The van der Waals surface area contributed by atoms with Crippen LogP contribution in [0.2, 0.25) is 0 Å². The van der Waals surface area contributed by atoms with E-state index in [1.807, 2.05) is 30.5 Å². The molecule has 1 heterocycles. The number of anilines is 1. The minimum Gasteiger partial charge on any atom is -0.322 e. The molecule has 0 saturated heterocycles. The summed E-state index contributed by atoms with van der Waals surface area (Å²) < 4.78 is 1.60. The van der Waals surface area contributed by atoms with E-state index < -0.39 is 0 Å². The molecule has 0 spiro atoms. The third-order valence-electron chi connectivity index (χ3n) is 2.29. The van der Waals surface area contributed by atoms with Crippen molar-refractivity contribution in [3.05, 3.63) is 42.2 Å². The third kappa shape index (κ3) is 2.88. The van der Waals surface area contributed by atoms with Crippen LogP contribution < -0.4 is 5.32 Å². The average Bonchev–Trinajstić information content (AvgIpc) is 2.76. The monoisotopic (exact) mass is 247 g/mol. The highest BCUT2D eigenvalue weighted by molar-refractivity contribution is 7.98. The molecule has 0 fully saturated rings. The molecule has 0 aliphatic rings. The SMILES string of the molecule is CSc1cccc(NC(=O)c2cnn(C)c2)c1. The molecule has 5 heteroatoms. The van der Waals surface area contributed by atoms with Crippen molar-refractivity contribution in [1.82, 2.24) is 9.78 Å². The number of carbonyl (C=O) groups excluding carboxylic acids is 1. The summed E-state index contributed by atoms with van der Waals surface area (Å²) in [7, 11) is 1.78. The van der Waals surface area contributed by atoms with Gasteiger partial charge in [0.1, 0.15) is 0 Å². The zero-order chi connectivity index (χ0) is 12.3. The summed E-state index contributed by atoms with van der Waals surface area (Å²) in [5.74, 6) is -0.142. The number of amides is 1. The Morgan fingerprint density at radius 1 is 1.47 bits per heavy atom. The van der Waals surface area contributed by atoms with Gasteiger partial charge in [0.05, 0.1) is 11.8 Å². The number of aromatic nitrogens is 2. The lowest BCUT2D eigenvalue weighted by Gasteiger charge is -2.04. The second-order valence-electron chi connectivity index (χ2n) is 3.59. The second kappa shape index (κ2) is 5.05. The number of aryl methyl sites for hydroxylation is 1. The van der Waals surface area contributed by atoms with Crippen LogP contribution in [-0.2, 0) is 7.05 Å². The smallest absolute Gasteiger partial charge is 0.258 e. The van der Waals surface area contributed by atoms with Gasteiger partial charge in [0.2, 0.25) is 0 Å². The number of hydrogen-bond acceptors (Lipinski definition) is 3. The molecule has 88 valence electrons. The normalized spacial score (nSPS) is 10.2. The molecule has 0 aliphatic carbocycles. The van der Waals surface area contributed by atoms with Gasteiger partial charge < -0.3 is 5.32 Å². The number of hydrogen-bond donors (Lipinski definition) is 1. The van der Waals surface area contributed by atoms with Crippen LogP contribution in [0.1, 0.15) is 10.4 Å². The molecule has 0 bridgehead atoms. The lowest BCUT2D eigenvalue weighted by molar-refractivity contribution is 0.102. The average molecular weight is 247 g/mol. The number of carbonyl (C=O) groups is 1. The van der Waals surface area contributed by atoms with Crippen LogP contribution in [0.4, 0.5) is 5.69 Å². The third-order valence-corrected chi connectivity index (χ3v) is 3.02. The van der Waals surface area contributed by atoms with E-state index in [4.69, 9.17) is 0 Å². The molecule has 2 aromatic rings. The van der Waals surface area contributed by atoms with Crippen molar-refractivity contribution in [3.63, 3.8) is 0 Å². The first-order valence-electron chi connectivity index (χ1n) is 5.13. The van der Waals surface area contributed by atoms with E-state index in [1.165, 1.54) is 0 Å². The van der Waals surface area contributed by atoms with E-state index in [9.17, 15) is 4.79 Å². The number of rotatable bonds is 3. The Kier molecular flexibility index (Phi) is 3.49. The lowest BCUT2D eigenvalue weighted by atomic mass is 10.3. The van der Waals surface area contributed by atoms with Gasteiger partial charge in [-0.15, -0.1) is 11.8 Å². The van der Waals surface area contributed by atoms with Gasteiger partial charge in [-0.05, 0) is 24.5 Å². The summed E-state index contributed by atoms with van der Waals surface area (Å²) in [6.45, 7) is 0. The standard InChI is InChI=1S/C12H13N3OS/c1-15-8-9(7-13-15)12(16)14-10-4-3-5-11(6-10)17-2/h3-8H,1-2H3,(H,14,16). The van der Waals surface area contributed by atoms with Crippen molar-refractivity contribution in [1.29, 1.82) is 0 Å². The summed E-state index contributed by atoms with van der Waals surface area (Å²) >= 11 is 1.64. The minimum absolute atomic E-state index is 0.142. The van der Waals surface area contributed by atoms with E-state index in [1.54, 1.807) is 35.9 Å². The maximum Gasteiger partial charge on any atom is 0.258 e. The van der Waals surface area contributed by atoms with Gasteiger partial charge in [0, 0.05) is 23.8 Å². The first-order valence-corrected chi connectivity index (χ1v) is 6.35. The molecule has 0 aliphatic heterocycles. The molecular formula is C12H13N3OS.